The van der Waals surface area contributed by atoms with Crippen molar-refractivity contribution < 1.29 is 9.18 Å². The number of halogens is 1. The highest BCUT2D eigenvalue weighted by Crippen LogP contribution is 2.22. The van der Waals surface area contributed by atoms with Gasteiger partial charge in [-0.05, 0) is 91.6 Å². The van der Waals surface area contributed by atoms with Crippen LogP contribution < -0.4 is 5.32 Å². The number of hydrogen-bond acceptors (Lipinski definition) is 5. The molecule has 2 aliphatic rings. The summed E-state index contributed by atoms with van der Waals surface area (Å²) in [5, 5.41) is 12.1. The minimum Gasteiger partial charge on any atom is -0.348 e. The lowest BCUT2D eigenvalue weighted by atomic mass is 9.91. The minimum absolute atomic E-state index is 0.107. The van der Waals surface area contributed by atoms with Gasteiger partial charge in [-0.25, -0.2) is 4.39 Å². The average molecular weight is 526 g/mol. The monoisotopic (exact) mass is 525 g/mol. The summed E-state index contributed by atoms with van der Waals surface area (Å²) in [5.41, 5.74) is 4.66. The maximum atomic E-state index is 13.2. The van der Waals surface area contributed by atoms with E-state index < -0.39 is 0 Å². The summed E-state index contributed by atoms with van der Waals surface area (Å²) < 4.78 is 13.2. The van der Waals surface area contributed by atoms with Crippen molar-refractivity contribution in [3.63, 3.8) is 0 Å². The van der Waals surface area contributed by atoms with E-state index in [4.69, 9.17) is 5.26 Å². The molecule has 2 fully saturated rings. The van der Waals surface area contributed by atoms with Crippen LogP contribution in [0.1, 0.15) is 58.4 Å². The van der Waals surface area contributed by atoms with Crippen LogP contribution in [0.25, 0.3) is 0 Å². The molecule has 202 valence electrons. The summed E-state index contributed by atoms with van der Waals surface area (Å²) in [6.07, 6.45) is 6.98. The number of rotatable bonds is 8. The van der Waals surface area contributed by atoms with Crippen LogP contribution in [0.3, 0.4) is 0 Å². The summed E-state index contributed by atoms with van der Waals surface area (Å²) in [6.45, 7) is 5.62. The third kappa shape index (κ3) is 7.72. The molecule has 1 aromatic heterocycles. The third-order valence-corrected chi connectivity index (χ3v) is 7.92. The van der Waals surface area contributed by atoms with Gasteiger partial charge in [0.2, 0.25) is 0 Å². The van der Waals surface area contributed by atoms with Crippen LogP contribution in [0.4, 0.5) is 4.39 Å². The number of hydrogen-bond donors (Lipinski definition) is 1. The molecule has 3 aromatic rings. The average Bonchev–Trinajstić information content (AvgIpc) is 2.96. The fraction of sp³-hybridized carbons (Fsp3) is 0.406. The smallest absolute Gasteiger partial charge is 0.270 e. The van der Waals surface area contributed by atoms with Gasteiger partial charge in [0.05, 0.1) is 11.6 Å². The third-order valence-electron chi connectivity index (χ3n) is 7.92. The highest BCUT2D eigenvalue weighted by Gasteiger charge is 2.23. The van der Waals surface area contributed by atoms with Crippen LogP contribution in [-0.2, 0) is 19.5 Å². The van der Waals surface area contributed by atoms with E-state index in [1.54, 1.807) is 12.1 Å². The highest BCUT2D eigenvalue weighted by atomic mass is 19.1. The molecule has 6 nitrogen and oxygen atoms in total. The number of likely N-dealkylation sites (tertiary alicyclic amines) is 2. The van der Waals surface area contributed by atoms with Crippen LogP contribution in [0, 0.1) is 23.1 Å². The number of amides is 1. The Kier molecular flexibility index (Phi) is 8.97. The first-order valence-electron chi connectivity index (χ1n) is 14.0. The predicted molar refractivity (Wildman–Crippen MR) is 149 cm³/mol. The molecular formula is C32H36FN5O. The molecule has 0 aliphatic carbocycles. The van der Waals surface area contributed by atoms with Crippen molar-refractivity contribution in [2.24, 2.45) is 5.92 Å². The molecular weight excluding hydrogens is 489 g/mol. The van der Waals surface area contributed by atoms with Crippen LogP contribution in [0.2, 0.25) is 0 Å². The lowest BCUT2D eigenvalue weighted by Crippen LogP contribution is -2.44. The number of nitrogens with zero attached hydrogens (tertiary/aromatic N) is 4. The van der Waals surface area contributed by atoms with Crippen LogP contribution in [-0.4, -0.2) is 52.9 Å². The first-order valence-corrected chi connectivity index (χ1v) is 14.0. The number of pyridine rings is 1. The largest absolute Gasteiger partial charge is 0.348 e. The fourth-order valence-corrected chi connectivity index (χ4v) is 5.76. The number of nitriles is 1. The van der Waals surface area contributed by atoms with Gasteiger partial charge < -0.3 is 5.32 Å². The number of nitrogens with one attached hydrogen (secondary N) is 1. The molecule has 2 saturated heterocycles. The van der Waals surface area contributed by atoms with Crippen molar-refractivity contribution in [1.82, 2.24) is 20.1 Å². The van der Waals surface area contributed by atoms with E-state index in [-0.39, 0.29) is 17.8 Å². The fourth-order valence-electron chi connectivity index (χ4n) is 5.76. The Morgan fingerprint density at radius 2 is 1.59 bits per heavy atom. The number of carbonyl (C=O) groups excluding carboxylic acids is 1. The highest BCUT2D eigenvalue weighted by molar-refractivity contribution is 5.92. The van der Waals surface area contributed by atoms with Gasteiger partial charge in [-0.15, -0.1) is 0 Å². The Labute approximate surface area is 230 Å². The molecule has 0 saturated carbocycles. The second kappa shape index (κ2) is 13.0. The van der Waals surface area contributed by atoms with Crippen molar-refractivity contribution in [3.8, 4) is 6.07 Å². The SMILES string of the molecule is N#Cc1ccc(CN2CCC(NC(=O)c3ccc(CN4CCCC(Cc5ccc(F)cc5)C4)cn3)CC2)cc1. The lowest BCUT2D eigenvalue weighted by Gasteiger charge is -2.33. The molecule has 1 N–H and O–H groups in total. The van der Waals surface area contributed by atoms with E-state index in [9.17, 15) is 9.18 Å². The lowest BCUT2D eigenvalue weighted by molar-refractivity contribution is 0.0904. The maximum Gasteiger partial charge on any atom is 0.270 e. The molecule has 7 heteroatoms. The van der Waals surface area contributed by atoms with E-state index in [0.717, 1.165) is 70.5 Å². The Bertz CT molecular complexity index is 1260. The zero-order valence-corrected chi connectivity index (χ0v) is 22.4. The first kappa shape index (κ1) is 27.0. The van der Waals surface area contributed by atoms with E-state index in [1.807, 2.05) is 54.7 Å². The van der Waals surface area contributed by atoms with Crippen LogP contribution in [0.15, 0.2) is 66.9 Å². The Balaban J connectivity index is 1.05. The molecule has 2 aliphatic heterocycles. The Hall–Kier alpha value is -3.60. The van der Waals surface area contributed by atoms with E-state index in [1.165, 1.54) is 17.5 Å². The summed E-state index contributed by atoms with van der Waals surface area (Å²) in [7, 11) is 0. The molecule has 0 bridgehead atoms. The number of benzene rings is 2. The second-order valence-corrected chi connectivity index (χ2v) is 11.0. The molecule has 1 unspecified atom stereocenters. The molecule has 2 aromatic carbocycles. The summed E-state index contributed by atoms with van der Waals surface area (Å²) in [5.74, 6) is 0.275. The van der Waals surface area contributed by atoms with Gasteiger partial charge in [0.15, 0.2) is 0 Å². The van der Waals surface area contributed by atoms with Crippen molar-refractivity contribution in [2.75, 3.05) is 26.2 Å². The van der Waals surface area contributed by atoms with E-state index >= 15 is 0 Å². The predicted octanol–water partition coefficient (Wildman–Crippen LogP) is 4.94. The minimum atomic E-state index is -0.185. The van der Waals surface area contributed by atoms with Gasteiger partial charge in [0.1, 0.15) is 11.5 Å². The quantitative estimate of drug-likeness (QED) is 0.451. The van der Waals surface area contributed by atoms with E-state index in [2.05, 4.69) is 26.2 Å². The number of piperidine rings is 2. The molecule has 0 radical (unpaired) electrons. The van der Waals surface area contributed by atoms with E-state index in [0.29, 0.717) is 17.2 Å². The van der Waals surface area contributed by atoms with Gasteiger partial charge >= 0.3 is 0 Å². The zero-order chi connectivity index (χ0) is 27.0. The molecule has 1 amide bonds. The Morgan fingerprint density at radius 3 is 2.28 bits per heavy atom. The summed E-state index contributed by atoms with van der Waals surface area (Å²) in [4.78, 5) is 22.2. The normalized spacial score (nSPS) is 18.9. The molecule has 0 spiro atoms. The van der Waals surface area contributed by atoms with Gasteiger partial charge in [-0.2, -0.15) is 5.26 Å². The van der Waals surface area contributed by atoms with Gasteiger partial charge in [0.25, 0.3) is 5.91 Å². The van der Waals surface area contributed by atoms with Crippen molar-refractivity contribution in [3.05, 3.63) is 101 Å². The zero-order valence-electron chi connectivity index (χ0n) is 22.4. The van der Waals surface area contributed by atoms with Crippen LogP contribution >= 0.6 is 0 Å². The maximum absolute atomic E-state index is 13.2. The first-order chi connectivity index (χ1) is 19.0. The number of carbonyl (C=O) groups is 1. The van der Waals surface area contributed by atoms with Gasteiger partial charge in [0, 0.05) is 45.0 Å². The van der Waals surface area contributed by atoms with Crippen LogP contribution in [0.5, 0.6) is 0 Å². The molecule has 39 heavy (non-hydrogen) atoms. The molecule has 5 rings (SSSR count). The molecule has 3 heterocycles. The van der Waals surface area contributed by atoms with Crippen molar-refractivity contribution in [1.29, 1.82) is 5.26 Å². The summed E-state index contributed by atoms with van der Waals surface area (Å²) >= 11 is 0. The standard InChI is InChI=1S/C32H36FN5O/c33-29-10-7-24(8-11-29)18-27-2-1-15-38(22-27)23-28-9-12-31(35-20-28)32(39)36-30-13-16-37(17-14-30)21-26-5-3-25(19-34)4-6-26/h3-12,20,27,30H,1-2,13-18,21-23H2,(H,36,39). The number of aromatic nitrogens is 1. The van der Waals surface area contributed by atoms with Gasteiger partial charge in [-0.3, -0.25) is 19.6 Å². The topological polar surface area (TPSA) is 72.3 Å². The Morgan fingerprint density at radius 1 is 0.897 bits per heavy atom. The summed E-state index contributed by atoms with van der Waals surface area (Å²) in [6, 6.07) is 20.8. The van der Waals surface area contributed by atoms with Crippen molar-refractivity contribution >= 4 is 5.91 Å². The van der Waals surface area contributed by atoms with Gasteiger partial charge in [-0.1, -0.05) is 30.3 Å². The molecule has 1 atom stereocenters. The second-order valence-electron chi connectivity index (χ2n) is 11.0. The van der Waals surface area contributed by atoms with Crippen molar-refractivity contribution in [2.45, 2.75) is 51.2 Å².